The molecule has 0 bridgehead atoms. The molecule has 0 heterocycles. The molecule has 0 saturated heterocycles. The summed E-state index contributed by atoms with van der Waals surface area (Å²) in [5, 5.41) is 2.66. The van der Waals surface area contributed by atoms with Gasteiger partial charge in [-0.05, 0) is 44.9 Å². The van der Waals surface area contributed by atoms with E-state index in [-0.39, 0.29) is 0 Å². The second kappa shape index (κ2) is 5.96. The molecule has 3 rings (SSSR count). The van der Waals surface area contributed by atoms with Crippen LogP contribution in [0.1, 0.15) is 50.7 Å². The molecule has 0 radical (unpaired) electrons. The van der Waals surface area contributed by atoms with Crippen LogP contribution in [0.25, 0.3) is 21.9 Å². The number of benzene rings is 3. The molecule has 22 heavy (non-hydrogen) atoms. The Kier molecular flexibility index (Phi) is 4.02. The first-order valence-electron chi connectivity index (χ1n) is 8.20. The van der Waals surface area contributed by atoms with E-state index in [4.69, 9.17) is 0 Å². The predicted octanol–water partition coefficient (Wildman–Crippen LogP) is 6.75. The highest BCUT2D eigenvalue weighted by molar-refractivity contribution is 5.98. The van der Waals surface area contributed by atoms with Gasteiger partial charge in [0.2, 0.25) is 0 Å². The third kappa shape index (κ3) is 2.54. The lowest BCUT2D eigenvalue weighted by molar-refractivity contribution is 0.838. The molecule has 0 N–H and O–H groups in total. The van der Waals surface area contributed by atoms with Crippen molar-refractivity contribution in [1.82, 2.24) is 0 Å². The smallest absolute Gasteiger partial charge is 0.00997 e. The molecular formula is C22H24. The number of rotatable bonds is 3. The van der Waals surface area contributed by atoms with Crippen LogP contribution in [0.5, 0.6) is 0 Å². The van der Waals surface area contributed by atoms with Crippen molar-refractivity contribution in [3.05, 3.63) is 71.8 Å². The average Bonchev–Trinajstić information content (AvgIpc) is 2.53. The first-order chi connectivity index (χ1) is 10.6. The van der Waals surface area contributed by atoms with Crippen molar-refractivity contribution >= 4 is 10.8 Å². The van der Waals surface area contributed by atoms with Crippen molar-refractivity contribution in [2.45, 2.75) is 39.5 Å². The van der Waals surface area contributed by atoms with Gasteiger partial charge in [0.05, 0.1) is 0 Å². The van der Waals surface area contributed by atoms with Gasteiger partial charge in [0.15, 0.2) is 0 Å². The van der Waals surface area contributed by atoms with Gasteiger partial charge in [-0.1, -0.05) is 88.4 Å². The fourth-order valence-electron chi connectivity index (χ4n) is 3.31. The second-order valence-corrected chi connectivity index (χ2v) is 6.65. The number of hydrogen-bond acceptors (Lipinski definition) is 0. The van der Waals surface area contributed by atoms with Gasteiger partial charge in [-0.25, -0.2) is 0 Å². The van der Waals surface area contributed by atoms with Crippen LogP contribution >= 0.6 is 0 Å². The van der Waals surface area contributed by atoms with E-state index >= 15 is 0 Å². The summed E-state index contributed by atoms with van der Waals surface area (Å²) in [5.41, 5.74) is 5.69. The maximum absolute atomic E-state index is 2.29. The van der Waals surface area contributed by atoms with Crippen molar-refractivity contribution in [2.24, 2.45) is 0 Å². The predicted molar refractivity (Wildman–Crippen MR) is 97.6 cm³/mol. The Bertz CT molecular complexity index is 762. The molecule has 0 atom stereocenters. The standard InChI is InChI=1S/C22H24/c1-15(2)18-12-8-13-19(16(3)4)22(18)21-14-7-10-17-9-5-6-11-20(17)21/h5-16H,1-4H3. The first kappa shape index (κ1) is 14.8. The molecule has 0 heteroatoms. The van der Waals surface area contributed by atoms with Gasteiger partial charge in [0.25, 0.3) is 0 Å². The molecule has 0 aliphatic heterocycles. The minimum absolute atomic E-state index is 0.521. The monoisotopic (exact) mass is 288 g/mol. The Morgan fingerprint density at radius 1 is 0.591 bits per heavy atom. The first-order valence-corrected chi connectivity index (χ1v) is 8.20. The molecule has 0 aromatic heterocycles. The van der Waals surface area contributed by atoms with E-state index in [9.17, 15) is 0 Å². The Morgan fingerprint density at radius 3 is 1.77 bits per heavy atom. The summed E-state index contributed by atoms with van der Waals surface area (Å²) in [6.45, 7) is 9.14. The molecule has 3 aromatic carbocycles. The lowest BCUT2D eigenvalue weighted by Gasteiger charge is -2.21. The maximum atomic E-state index is 2.29. The summed E-state index contributed by atoms with van der Waals surface area (Å²) in [6.07, 6.45) is 0. The molecule has 0 amide bonds. The summed E-state index contributed by atoms with van der Waals surface area (Å²) in [6, 6.07) is 22.1. The van der Waals surface area contributed by atoms with Crippen molar-refractivity contribution in [3.8, 4) is 11.1 Å². The Hall–Kier alpha value is -2.08. The largest absolute Gasteiger partial charge is 0.0617 e. The summed E-state index contributed by atoms with van der Waals surface area (Å²) < 4.78 is 0. The average molecular weight is 288 g/mol. The molecule has 0 nitrogen and oxygen atoms in total. The van der Waals surface area contributed by atoms with Crippen LogP contribution in [0.15, 0.2) is 60.7 Å². The number of fused-ring (bicyclic) bond motifs is 1. The molecule has 0 fully saturated rings. The van der Waals surface area contributed by atoms with Gasteiger partial charge in [0.1, 0.15) is 0 Å². The van der Waals surface area contributed by atoms with Crippen LogP contribution in [-0.2, 0) is 0 Å². The fourth-order valence-corrected chi connectivity index (χ4v) is 3.31. The molecule has 0 unspecified atom stereocenters. The SMILES string of the molecule is CC(C)c1cccc(C(C)C)c1-c1cccc2ccccc12. The van der Waals surface area contributed by atoms with Gasteiger partial charge >= 0.3 is 0 Å². The topological polar surface area (TPSA) is 0 Å². The Labute approximate surface area is 133 Å². The van der Waals surface area contributed by atoms with E-state index in [0.29, 0.717) is 11.8 Å². The lowest BCUT2D eigenvalue weighted by Crippen LogP contribution is -2.00. The summed E-state index contributed by atoms with van der Waals surface area (Å²) >= 11 is 0. The number of hydrogen-bond donors (Lipinski definition) is 0. The minimum atomic E-state index is 0.521. The van der Waals surface area contributed by atoms with Crippen molar-refractivity contribution in [1.29, 1.82) is 0 Å². The molecule has 0 aliphatic carbocycles. The zero-order chi connectivity index (χ0) is 15.7. The molecule has 0 spiro atoms. The normalized spacial score (nSPS) is 11.5. The minimum Gasteiger partial charge on any atom is -0.0617 e. The maximum Gasteiger partial charge on any atom is -0.00997 e. The highest BCUT2D eigenvalue weighted by Gasteiger charge is 2.16. The van der Waals surface area contributed by atoms with Gasteiger partial charge in [0, 0.05) is 0 Å². The van der Waals surface area contributed by atoms with Crippen LogP contribution < -0.4 is 0 Å². The molecule has 3 aromatic rings. The van der Waals surface area contributed by atoms with Crippen molar-refractivity contribution in [3.63, 3.8) is 0 Å². The van der Waals surface area contributed by atoms with Crippen LogP contribution in [0, 0.1) is 0 Å². The van der Waals surface area contributed by atoms with Gasteiger partial charge < -0.3 is 0 Å². The van der Waals surface area contributed by atoms with E-state index < -0.39 is 0 Å². The van der Waals surface area contributed by atoms with E-state index in [0.717, 1.165) is 0 Å². The third-order valence-corrected chi connectivity index (χ3v) is 4.43. The second-order valence-electron chi connectivity index (χ2n) is 6.65. The molecule has 0 aliphatic rings. The summed E-state index contributed by atoms with van der Waals surface area (Å²) in [7, 11) is 0. The Morgan fingerprint density at radius 2 is 1.14 bits per heavy atom. The zero-order valence-electron chi connectivity index (χ0n) is 13.9. The van der Waals surface area contributed by atoms with Crippen LogP contribution in [-0.4, -0.2) is 0 Å². The fraction of sp³-hybridized carbons (Fsp3) is 0.273. The van der Waals surface area contributed by atoms with E-state index in [1.807, 2.05) is 0 Å². The quantitative estimate of drug-likeness (QED) is 0.500. The van der Waals surface area contributed by atoms with Crippen molar-refractivity contribution in [2.75, 3.05) is 0 Å². The zero-order valence-corrected chi connectivity index (χ0v) is 13.9. The van der Waals surface area contributed by atoms with Crippen LogP contribution in [0.2, 0.25) is 0 Å². The summed E-state index contributed by atoms with van der Waals surface area (Å²) in [4.78, 5) is 0. The molecular weight excluding hydrogens is 264 g/mol. The van der Waals surface area contributed by atoms with E-state index in [1.165, 1.54) is 33.0 Å². The van der Waals surface area contributed by atoms with Crippen LogP contribution in [0.4, 0.5) is 0 Å². The third-order valence-electron chi connectivity index (χ3n) is 4.43. The van der Waals surface area contributed by atoms with Crippen LogP contribution in [0.3, 0.4) is 0 Å². The lowest BCUT2D eigenvalue weighted by atomic mass is 9.83. The Balaban J connectivity index is 2.39. The van der Waals surface area contributed by atoms with Crippen molar-refractivity contribution < 1.29 is 0 Å². The van der Waals surface area contributed by atoms with Gasteiger partial charge in [-0.15, -0.1) is 0 Å². The summed E-state index contributed by atoms with van der Waals surface area (Å²) in [5.74, 6) is 1.04. The molecule has 112 valence electrons. The van der Waals surface area contributed by atoms with Gasteiger partial charge in [-0.2, -0.15) is 0 Å². The highest BCUT2D eigenvalue weighted by atomic mass is 14.2. The van der Waals surface area contributed by atoms with E-state index in [2.05, 4.69) is 88.4 Å². The van der Waals surface area contributed by atoms with Gasteiger partial charge in [-0.3, -0.25) is 0 Å². The molecule has 0 saturated carbocycles. The highest BCUT2D eigenvalue weighted by Crippen LogP contribution is 2.39. The van der Waals surface area contributed by atoms with E-state index in [1.54, 1.807) is 0 Å².